The van der Waals surface area contributed by atoms with E-state index in [1.807, 2.05) is 44.2 Å². The van der Waals surface area contributed by atoms with E-state index in [2.05, 4.69) is 5.32 Å². The second-order valence-electron chi connectivity index (χ2n) is 5.83. The van der Waals surface area contributed by atoms with Crippen LogP contribution in [-0.4, -0.2) is 39.4 Å². The van der Waals surface area contributed by atoms with Crippen molar-refractivity contribution in [3.63, 3.8) is 0 Å². The summed E-state index contributed by atoms with van der Waals surface area (Å²) in [7, 11) is 0. The summed E-state index contributed by atoms with van der Waals surface area (Å²) in [5.41, 5.74) is 6.97. The van der Waals surface area contributed by atoms with E-state index in [0.29, 0.717) is 12.8 Å². The van der Waals surface area contributed by atoms with Gasteiger partial charge in [-0.2, -0.15) is 0 Å². The molecule has 0 aliphatic heterocycles. The van der Waals surface area contributed by atoms with Crippen LogP contribution in [0.3, 0.4) is 0 Å². The Labute approximate surface area is 136 Å². The molecule has 0 unspecified atom stereocenters. The Bertz CT molecular complexity index is 493. The summed E-state index contributed by atoms with van der Waals surface area (Å²) >= 11 is 5.11. The van der Waals surface area contributed by atoms with Crippen molar-refractivity contribution in [2.24, 2.45) is 11.7 Å². The molecule has 122 valence electrons. The fraction of sp³-hybridized carbons (Fsp3) is 0.500. The number of carbonyl (C=O) groups is 1. The third-order valence-electron chi connectivity index (χ3n) is 3.31. The lowest BCUT2D eigenvalue weighted by Crippen LogP contribution is -2.51. The lowest BCUT2D eigenvalue weighted by atomic mass is 10.0. The highest BCUT2D eigenvalue weighted by molar-refractivity contribution is 7.80. The summed E-state index contributed by atoms with van der Waals surface area (Å²) in [6, 6.07) is 8.13. The molecule has 0 aliphatic carbocycles. The molecule has 0 fully saturated rings. The molecule has 1 aromatic carbocycles. The molecule has 5 N–H and O–H groups in total. The molecule has 0 heterocycles. The third-order valence-corrected chi connectivity index (χ3v) is 3.67. The first-order chi connectivity index (χ1) is 10.3. The molecule has 0 aliphatic rings. The molecule has 5 nitrogen and oxygen atoms in total. The van der Waals surface area contributed by atoms with Crippen molar-refractivity contribution in [3.05, 3.63) is 35.9 Å². The van der Waals surface area contributed by atoms with E-state index in [9.17, 15) is 15.0 Å². The monoisotopic (exact) mass is 324 g/mol. The van der Waals surface area contributed by atoms with Crippen molar-refractivity contribution in [1.29, 1.82) is 0 Å². The molecule has 0 amide bonds. The SMILES string of the molecule is CC(C)C[C@H](NC(=S)[C@H](O)[C@@H](N)Cc1ccccc1)C(=O)O. The van der Waals surface area contributed by atoms with Crippen molar-refractivity contribution in [1.82, 2.24) is 5.32 Å². The van der Waals surface area contributed by atoms with Gasteiger partial charge in [0.1, 0.15) is 17.1 Å². The molecule has 0 radical (unpaired) electrons. The highest BCUT2D eigenvalue weighted by Crippen LogP contribution is 2.08. The zero-order valence-corrected chi connectivity index (χ0v) is 13.7. The molecule has 22 heavy (non-hydrogen) atoms. The maximum Gasteiger partial charge on any atom is 0.326 e. The van der Waals surface area contributed by atoms with Crippen LogP contribution < -0.4 is 11.1 Å². The Morgan fingerprint density at radius 2 is 1.91 bits per heavy atom. The molecule has 0 saturated heterocycles. The molecular formula is C16H24N2O3S. The Morgan fingerprint density at radius 3 is 2.41 bits per heavy atom. The summed E-state index contributed by atoms with van der Waals surface area (Å²) in [5.74, 6) is -0.786. The lowest BCUT2D eigenvalue weighted by Gasteiger charge is -2.24. The van der Waals surface area contributed by atoms with Crippen molar-refractivity contribution < 1.29 is 15.0 Å². The van der Waals surface area contributed by atoms with E-state index >= 15 is 0 Å². The lowest BCUT2D eigenvalue weighted by molar-refractivity contribution is -0.139. The molecule has 0 bridgehead atoms. The van der Waals surface area contributed by atoms with Gasteiger partial charge in [-0.15, -0.1) is 0 Å². The summed E-state index contributed by atoms with van der Waals surface area (Å²) in [5, 5.41) is 22.1. The van der Waals surface area contributed by atoms with Crippen LogP contribution in [0.25, 0.3) is 0 Å². The third kappa shape index (κ3) is 6.09. The van der Waals surface area contributed by atoms with Gasteiger partial charge >= 0.3 is 5.97 Å². The van der Waals surface area contributed by atoms with Crippen molar-refractivity contribution in [3.8, 4) is 0 Å². The maximum absolute atomic E-state index is 11.2. The predicted octanol–water partition coefficient (Wildman–Crippen LogP) is 1.33. The molecule has 0 saturated carbocycles. The van der Waals surface area contributed by atoms with E-state index in [1.54, 1.807) is 0 Å². The number of nitrogens with one attached hydrogen (secondary N) is 1. The number of benzene rings is 1. The Balaban J connectivity index is 2.61. The maximum atomic E-state index is 11.2. The largest absolute Gasteiger partial charge is 0.480 e. The normalized spacial score (nSPS) is 15.1. The Kier molecular flexibility index (Phi) is 7.44. The van der Waals surface area contributed by atoms with Crippen LogP contribution in [0.5, 0.6) is 0 Å². The van der Waals surface area contributed by atoms with Crippen LogP contribution in [0.2, 0.25) is 0 Å². The average Bonchev–Trinajstić information content (AvgIpc) is 2.46. The van der Waals surface area contributed by atoms with Gasteiger partial charge in [0.15, 0.2) is 0 Å². The van der Waals surface area contributed by atoms with Gasteiger partial charge in [0.25, 0.3) is 0 Å². The summed E-state index contributed by atoms with van der Waals surface area (Å²) in [4.78, 5) is 11.3. The summed E-state index contributed by atoms with van der Waals surface area (Å²) < 4.78 is 0. The average molecular weight is 324 g/mol. The van der Waals surface area contributed by atoms with E-state index in [0.717, 1.165) is 5.56 Å². The number of aliphatic carboxylic acids is 1. The number of hydrogen-bond acceptors (Lipinski definition) is 4. The minimum atomic E-state index is -1.08. The number of thiocarbonyl (C=S) groups is 1. The number of carboxylic acid groups (broad SMARTS) is 1. The number of rotatable bonds is 8. The van der Waals surface area contributed by atoms with Gasteiger partial charge in [-0.1, -0.05) is 56.4 Å². The molecule has 0 aromatic heterocycles. The van der Waals surface area contributed by atoms with Gasteiger partial charge in [0, 0.05) is 6.04 Å². The van der Waals surface area contributed by atoms with Crippen LogP contribution in [0, 0.1) is 5.92 Å². The summed E-state index contributed by atoms with van der Waals surface area (Å²) in [6.07, 6.45) is -0.189. The summed E-state index contributed by atoms with van der Waals surface area (Å²) in [6.45, 7) is 3.86. The first kappa shape index (κ1) is 18.5. The van der Waals surface area contributed by atoms with Crippen LogP contribution in [0.4, 0.5) is 0 Å². The topological polar surface area (TPSA) is 95.6 Å². The molecular weight excluding hydrogens is 300 g/mol. The Morgan fingerprint density at radius 1 is 1.32 bits per heavy atom. The van der Waals surface area contributed by atoms with Gasteiger partial charge in [0.2, 0.25) is 0 Å². The van der Waals surface area contributed by atoms with Crippen LogP contribution >= 0.6 is 12.2 Å². The van der Waals surface area contributed by atoms with Gasteiger partial charge in [-0.05, 0) is 24.3 Å². The van der Waals surface area contributed by atoms with Crippen molar-refractivity contribution in [2.75, 3.05) is 0 Å². The van der Waals surface area contributed by atoms with E-state index < -0.39 is 24.2 Å². The smallest absolute Gasteiger partial charge is 0.326 e. The minimum absolute atomic E-state index is 0.0801. The standard InChI is InChI=1S/C16H24N2O3S/c1-10(2)8-13(16(20)21)18-15(22)14(19)12(17)9-11-6-4-3-5-7-11/h3-7,10,12-14,19H,8-9,17H2,1-2H3,(H,18,22)(H,20,21)/t12-,13-,14+/m0/s1. The predicted molar refractivity (Wildman–Crippen MR) is 90.7 cm³/mol. The van der Waals surface area contributed by atoms with Crippen molar-refractivity contribution in [2.45, 2.75) is 44.9 Å². The highest BCUT2D eigenvalue weighted by atomic mass is 32.1. The van der Waals surface area contributed by atoms with Crippen LogP contribution in [0.15, 0.2) is 30.3 Å². The van der Waals surface area contributed by atoms with Crippen LogP contribution in [0.1, 0.15) is 25.8 Å². The number of aliphatic hydroxyl groups is 1. The van der Waals surface area contributed by atoms with Crippen molar-refractivity contribution >= 4 is 23.2 Å². The second kappa shape index (κ2) is 8.82. The molecule has 6 heteroatoms. The number of hydrogen-bond donors (Lipinski definition) is 4. The zero-order valence-electron chi connectivity index (χ0n) is 12.9. The minimum Gasteiger partial charge on any atom is -0.480 e. The van der Waals surface area contributed by atoms with E-state index in [1.165, 1.54) is 0 Å². The molecule has 0 spiro atoms. The zero-order chi connectivity index (χ0) is 16.7. The molecule has 1 aromatic rings. The first-order valence-electron chi connectivity index (χ1n) is 7.32. The fourth-order valence-electron chi connectivity index (χ4n) is 2.14. The molecule has 3 atom stereocenters. The number of carboxylic acids is 1. The van der Waals surface area contributed by atoms with Gasteiger partial charge < -0.3 is 21.3 Å². The highest BCUT2D eigenvalue weighted by Gasteiger charge is 2.25. The van der Waals surface area contributed by atoms with Gasteiger partial charge in [-0.25, -0.2) is 4.79 Å². The second-order valence-corrected chi connectivity index (χ2v) is 6.27. The number of aliphatic hydroxyl groups excluding tert-OH is 1. The molecule has 1 rings (SSSR count). The van der Waals surface area contributed by atoms with Crippen LogP contribution in [-0.2, 0) is 11.2 Å². The van der Waals surface area contributed by atoms with E-state index in [4.69, 9.17) is 18.0 Å². The quantitative estimate of drug-likeness (QED) is 0.539. The fourth-order valence-corrected chi connectivity index (χ4v) is 2.46. The van der Waals surface area contributed by atoms with Gasteiger partial charge in [-0.3, -0.25) is 0 Å². The van der Waals surface area contributed by atoms with Gasteiger partial charge in [0.05, 0.1) is 0 Å². The Hall–Kier alpha value is -1.50. The first-order valence-corrected chi connectivity index (χ1v) is 7.72. The van der Waals surface area contributed by atoms with E-state index in [-0.39, 0.29) is 10.9 Å². The number of nitrogens with two attached hydrogens (primary N) is 1.